The third-order valence-corrected chi connectivity index (χ3v) is 7.00. The van der Waals surface area contributed by atoms with E-state index in [0.717, 1.165) is 31.4 Å². The molecule has 0 spiro atoms. The fourth-order valence-electron chi connectivity index (χ4n) is 3.50. The summed E-state index contributed by atoms with van der Waals surface area (Å²) in [7, 11) is 0. The summed E-state index contributed by atoms with van der Waals surface area (Å²) in [5, 5.41) is 2.82. The van der Waals surface area contributed by atoms with Crippen LogP contribution in [-0.4, -0.2) is 9.31 Å². The number of anilines is 3. The van der Waals surface area contributed by atoms with E-state index in [4.69, 9.17) is 0 Å². The van der Waals surface area contributed by atoms with E-state index in [-0.39, 0.29) is 16.1 Å². The number of nitrogens with one attached hydrogen (secondary N) is 2. The molecule has 1 fully saturated rings. The molecule has 0 amide bonds. The smallest absolute Gasteiger partial charge is 0.289 e. The largest absolute Gasteiger partial charge is 0.349 e. The summed E-state index contributed by atoms with van der Waals surface area (Å²) >= 11 is 4.75. The average Bonchev–Trinajstić information content (AvgIpc) is 3.24. The topological polar surface area (TPSA) is 46.1 Å². The Bertz CT molecular complexity index is 1000. The molecule has 2 N–H and O–H groups in total. The van der Waals surface area contributed by atoms with Crippen LogP contribution in [0.2, 0.25) is 0 Å². The lowest BCUT2D eigenvalue weighted by Gasteiger charge is -2.21. The second kappa shape index (κ2) is 7.55. The van der Waals surface area contributed by atoms with Crippen molar-refractivity contribution in [2.75, 3.05) is 10.0 Å². The van der Waals surface area contributed by atoms with Gasteiger partial charge in [0.15, 0.2) is 0 Å². The van der Waals surface area contributed by atoms with Crippen molar-refractivity contribution in [3.63, 3.8) is 0 Å². The molecule has 1 aliphatic carbocycles. The Balaban J connectivity index is 1.74. The Labute approximate surface area is 174 Å². The zero-order valence-electron chi connectivity index (χ0n) is 15.2. The van der Waals surface area contributed by atoms with Gasteiger partial charge in [-0.3, -0.25) is 4.79 Å². The Morgan fingerprint density at radius 3 is 2.79 bits per heavy atom. The fourth-order valence-corrected chi connectivity index (χ4v) is 4.88. The molecule has 1 aromatic heterocycles. The molecule has 4 nitrogen and oxygen atoms in total. The molecule has 2 aliphatic rings. The first-order chi connectivity index (χ1) is 13.4. The van der Waals surface area contributed by atoms with Crippen molar-refractivity contribution in [2.24, 2.45) is 0 Å². The van der Waals surface area contributed by atoms with Gasteiger partial charge in [0.2, 0.25) is 5.82 Å². The lowest BCUT2D eigenvalue weighted by molar-refractivity contribution is 0.582. The summed E-state index contributed by atoms with van der Waals surface area (Å²) in [6.07, 6.45) is 6.30. The second-order valence-electron chi connectivity index (χ2n) is 7.20. The molecule has 0 radical (unpaired) electrons. The summed E-state index contributed by atoms with van der Waals surface area (Å²) in [6.45, 7) is 4.31. The maximum absolute atomic E-state index is 15.0. The SMILES string of the molecule is C=CCC1(SNc2c(Nc3ccc(Br)cc3F)c(F)c(=O)n3c2CCC3)CC1. The molecule has 1 aliphatic heterocycles. The van der Waals surface area contributed by atoms with Gasteiger partial charge in [0.1, 0.15) is 11.5 Å². The molecule has 0 unspecified atom stereocenters. The fraction of sp³-hybridized carbons (Fsp3) is 0.350. The number of allylic oxidation sites excluding steroid dienone is 1. The molecule has 1 aromatic carbocycles. The van der Waals surface area contributed by atoms with Gasteiger partial charge in [0, 0.05) is 21.5 Å². The van der Waals surface area contributed by atoms with E-state index in [1.54, 1.807) is 6.07 Å². The molecule has 1 saturated carbocycles. The van der Waals surface area contributed by atoms with Crippen molar-refractivity contribution >= 4 is 44.9 Å². The molecule has 4 rings (SSSR count). The van der Waals surface area contributed by atoms with E-state index in [1.807, 2.05) is 6.08 Å². The van der Waals surface area contributed by atoms with Gasteiger partial charge < -0.3 is 14.6 Å². The number of rotatable bonds is 7. The highest BCUT2D eigenvalue weighted by molar-refractivity contribution is 9.10. The zero-order valence-corrected chi connectivity index (χ0v) is 17.6. The van der Waals surface area contributed by atoms with Crippen molar-refractivity contribution in [3.05, 3.63) is 63.0 Å². The Hall–Kier alpha value is -1.80. The maximum atomic E-state index is 15.0. The van der Waals surface area contributed by atoms with Crippen LogP contribution in [0.15, 0.2) is 40.1 Å². The average molecular weight is 468 g/mol. The van der Waals surface area contributed by atoms with Crippen LogP contribution >= 0.6 is 27.9 Å². The first-order valence-electron chi connectivity index (χ1n) is 9.16. The molecule has 0 saturated heterocycles. The van der Waals surface area contributed by atoms with Crippen LogP contribution in [0.3, 0.4) is 0 Å². The van der Waals surface area contributed by atoms with Crippen molar-refractivity contribution in [1.82, 2.24) is 4.57 Å². The van der Waals surface area contributed by atoms with Crippen LogP contribution in [0.4, 0.5) is 25.8 Å². The second-order valence-corrected chi connectivity index (χ2v) is 9.39. The minimum Gasteiger partial charge on any atom is -0.349 e. The molecular formula is C20H20BrF2N3OS. The summed E-state index contributed by atoms with van der Waals surface area (Å²) in [6, 6.07) is 4.47. The molecular weight excluding hydrogens is 448 g/mol. The van der Waals surface area contributed by atoms with Crippen LogP contribution < -0.4 is 15.6 Å². The van der Waals surface area contributed by atoms with E-state index in [0.29, 0.717) is 23.1 Å². The monoisotopic (exact) mass is 467 g/mol. The predicted molar refractivity (Wildman–Crippen MR) is 114 cm³/mol. The van der Waals surface area contributed by atoms with Gasteiger partial charge in [-0.25, -0.2) is 4.39 Å². The van der Waals surface area contributed by atoms with Crippen LogP contribution in [0.1, 0.15) is 31.4 Å². The highest BCUT2D eigenvalue weighted by Crippen LogP contribution is 2.52. The van der Waals surface area contributed by atoms with E-state index in [1.165, 1.54) is 28.6 Å². The van der Waals surface area contributed by atoms with Crippen LogP contribution in [-0.2, 0) is 13.0 Å². The van der Waals surface area contributed by atoms with Gasteiger partial charge in [-0.2, -0.15) is 4.39 Å². The molecule has 2 aromatic rings. The predicted octanol–water partition coefficient (Wildman–Crippen LogP) is 5.75. The summed E-state index contributed by atoms with van der Waals surface area (Å²) in [5.74, 6) is -1.43. The number of nitrogens with zero attached hydrogens (tertiary/aromatic N) is 1. The normalized spacial score (nSPS) is 16.5. The molecule has 0 bridgehead atoms. The molecule has 8 heteroatoms. The molecule has 148 valence electrons. The lowest BCUT2D eigenvalue weighted by atomic mass is 10.2. The highest BCUT2D eigenvalue weighted by Gasteiger charge is 2.43. The quantitative estimate of drug-likeness (QED) is 0.402. The van der Waals surface area contributed by atoms with E-state index < -0.39 is 17.2 Å². The van der Waals surface area contributed by atoms with Crippen molar-refractivity contribution in [1.29, 1.82) is 0 Å². The van der Waals surface area contributed by atoms with E-state index in [9.17, 15) is 9.18 Å². The number of pyridine rings is 1. The Morgan fingerprint density at radius 1 is 1.32 bits per heavy atom. The van der Waals surface area contributed by atoms with Crippen LogP contribution in [0.5, 0.6) is 0 Å². The zero-order chi connectivity index (χ0) is 19.9. The first kappa shape index (κ1) is 19.5. The molecule has 2 heterocycles. The highest BCUT2D eigenvalue weighted by atomic mass is 79.9. The third kappa shape index (κ3) is 3.59. The number of halogens is 3. The van der Waals surface area contributed by atoms with Gasteiger partial charge in [0.05, 0.1) is 11.4 Å². The Kier molecular flexibility index (Phi) is 5.26. The van der Waals surface area contributed by atoms with Crippen LogP contribution in [0.25, 0.3) is 0 Å². The van der Waals surface area contributed by atoms with E-state index in [2.05, 4.69) is 32.5 Å². The minimum absolute atomic E-state index is 0.00118. The summed E-state index contributed by atoms with van der Waals surface area (Å²) < 4.78 is 34.7. The van der Waals surface area contributed by atoms with Gasteiger partial charge in [0.25, 0.3) is 5.56 Å². The van der Waals surface area contributed by atoms with Crippen molar-refractivity contribution in [3.8, 4) is 0 Å². The van der Waals surface area contributed by atoms with Crippen LogP contribution in [0, 0.1) is 11.6 Å². The summed E-state index contributed by atoms with van der Waals surface area (Å²) in [5.41, 5.74) is 0.729. The number of aromatic nitrogens is 1. The lowest BCUT2D eigenvalue weighted by Crippen LogP contribution is -2.25. The third-order valence-electron chi connectivity index (χ3n) is 5.20. The number of benzene rings is 1. The maximum Gasteiger partial charge on any atom is 0.289 e. The van der Waals surface area contributed by atoms with Gasteiger partial charge >= 0.3 is 0 Å². The number of hydrogen-bond acceptors (Lipinski definition) is 4. The van der Waals surface area contributed by atoms with E-state index >= 15 is 4.39 Å². The van der Waals surface area contributed by atoms with Crippen molar-refractivity contribution < 1.29 is 8.78 Å². The molecule has 0 atom stereocenters. The summed E-state index contributed by atoms with van der Waals surface area (Å²) in [4.78, 5) is 12.5. The minimum atomic E-state index is -0.898. The Morgan fingerprint density at radius 2 is 2.11 bits per heavy atom. The number of fused-ring (bicyclic) bond motifs is 1. The standard InChI is InChI=1S/C20H20BrF2N3OS/c1-2-7-20(8-9-20)28-25-17-15-4-3-10-26(15)19(27)16(23)18(17)24-14-6-5-12(21)11-13(14)22/h2,5-6,11,24-25H,1,3-4,7-10H2. The van der Waals surface area contributed by atoms with Gasteiger partial charge in [-0.05, 0) is 62.3 Å². The van der Waals surface area contributed by atoms with Gasteiger partial charge in [-0.15, -0.1) is 6.58 Å². The first-order valence-corrected chi connectivity index (χ1v) is 10.8. The molecule has 28 heavy (non-hydrogen) atoms. The van der Waals surface area contributed by atoms with Gasteiger partial charge in [-0.1, -0.05) is 22.0 Å². The number of hydrogen-bond donors (Lipinski definition) is 2. The van der Waals surface area contributed by atoms with Crippen molar-refractivity contribution in [2.45, 2.75) is 43.4 Å².